The van der Waals surface area contributed by atoms with Gasteiger partial charge in [-0.15, -0.1) is 16.4 Å². The highest BCUT2D eigenvalue weighted by Crippen LogP contribution is 2.36. The maximum absolute atomic E-state index is 12.4. The highest BCUT2D eigenvalue weighted by Gasteiger charge is 2.23. The van der Waals surface area contributed by atoms with Crippen molar-refractivity contribution in [3.63, 3.8) is 0 Å². The van der Waals surface area contributed by atoms with Gasteiger partial charge in [0.05, 0.1) is 46.3 Å². The molecule has 1 amide bonds. The smallest absolute Gasteiger partial charge is 0.442 e. The summed E-state index contributed by atoms with van der Waals surface area (Å²) in [5.41, 5.74) is 4.62. The van der Waals surface area contributed by atoms with Gasteiger partial charge in [0.15, 0.2) is 5.75 Å². The van der Waals surface area contributed by atoms with Crippen LogP contribution in [0.1, 0.15) is 39.0 Å². The average molecular weight is 481 g/mol. The number of hydrogen-bond donors (Lipinski definition) is 0. The minimum atomic E-state index is -0.603. The van der Waals surface area contributed by atoms with E-state index in [0.29, 0.717) is 18.9 Å². The lowest BCUT2D eigenvalue weighted by Gasteiger charge is -2.25. The van der Waals surface area contributed by atoms with Crippen molar-refractivity contribution < 1.29 is 19.1 Å². The van der Waals surface area contributed by atoms with Gasteiger partial charge in [0, 0.05) is 18.7 Å². The Kier molecular flexibility index (Phi) is 6.67. The lowest BCUT2D eigenvalue weighted by Crippen LogP contribution is -2.38. The summed E-state index contributed by atoms with van der Waals surface area (Å²) < 4.78 is 11.5. The Labute approximate surface area is 202 Å². The summed E-state index contributed by atoms with van der Waals surface area (Å²) in [7, 11) is 1.64. The van der Waals surface area contributed by atoms with Crippen LogP contribution in [0, 0.1) is 6.92 Å². The number of rotatable bonds is 6. The van der Waals surface area contributed by atoms with Crippen molar-refractivity contribution in [2.75, 3.05) is 13.7 Å². The fourth-order valence-electron chi connectivity index (χ4n) is 3.43. The molecular weight excluding hydrogens is 452 g/mol. The van der Waals surface area contributed by atoms with Crippen LogP contribution in [0.25, 0.3) is 31.8 Å². The van der Waals surface area contributed by atoms with Crippen LogP contribution in [0.2, 0.25) is 0 Å². The molecule has 0 bridgehead atoms. The molecule has 0 saturated heterocycles. The summed E-state index contributed by atoms with van der Waals surface area (Å²) in [5, 5.41) is 2.05. The van der Waals surface area contributed by atoms with Gasteiger partial charge in [-0.05, 0) is 64.4 Å². The van der Waals surface area contributed by atoms with Crippen molar-refractivity contribution >= 4 is 38.7 Å². The van der Waals surface area contributed by atoms with Crippen LogP contribution in [0.3, 0.4) is 0 Å². The first kappa shape index (κ1) is 23.8. The van der Waals surface area contributed by atoms with Crippen LogP contribution in [0.4, 0.5) is 4.79 Å². The van der Waals surface area contributed by atoms with Crippen LogP contribution in [-0.4, -0.2) is 45.4 Å². The molecule has 4 rings (SSSR count). The van der Waals surface area contributed by atoms with Gasteiger partial charge in [-0.25, -0.2) is 14.8 Å². The van der Waals surface area contributed by atoms with E-state index in [0.717, 1.165) is 43.1 Å². The molecule has 34 heavy (non-hydrogen) atoms. The first-order chi connectivity index (χ1) is 16.2. The Bertz CT molecular complexity index is 1350. The van der Waals surface area contributed by atoms with E-state index in [1.807, 2.05) is 52.8 Å². The van der Waals surface area contributed by atoms with Gasteiger partial charge in [0.1, 0.15) is 10.6 Å². The number of aryl methyl sites for hydroxylation is 1. The molecule has 0 saturated carbocycles. The molecule has 2 aromatic heterocycles. The molecule has 0 fully saturated rings. The van der Waals surface area contributed by atoms with Crippen molar-refractivity contribution in [1.29, 1.82) is 0 Å². The summed E-state index contributed by atoms with van der Waals surface area (Å²) in [4.78, 5) is 32.4. The number of hydroxylamine groups is 2. The number of carbonyl (C=O) groups excluding carboxylic acids is 1. The molecule has 0 unspecified atom stereocenters. The first-order valence-corrected chi connectivity index (χ1v) is 11.8. The molecule has 4 aromatic rings. The van der Waals surface area contributed by atoms with Gasteiger partial charge in [-0.3, -0.25) is 4.98 Å². The van der Waals surface area contributed by atoms with Gasteiger partial charge >= 0.3 is 6.09 Å². The number of benzene rings is 2. The molecule has 2 heterocycles. The molecular formula is C25H28N4O4S. The number of carbonyl (C=O) groups is 1. The van der Waals surface area contributed by atoms with E-state index in [1.54, 1.807) is 19.4 Å². The minimum Gasteiger partial charge on any atom is -0.442 e. The molecule has 0 spiro atoms. The fraction of sp³-hybridized carbons (Fsp3) is 0.360. The SMILES string of the molecule is CCN(Oc1ccc2nc(-c3cc(C)cc4nc(COC)cnc34)sc2c1)C(=O)OC(C)(C)C. The Morgan fingerprint density at radius 2 is 1.91 bits per heavy atom. The zero-order valence-electron chi connectivity index (χ0n) is 20.2. The largest absolute Gasteiger partial charge is 0.443 e. The number of methoxy groups -OCH3 is 1. The summed E-state index contributed by atoms with van der Waals surface area (Å²) in [6, 6.07) is 9.64. The summed E-state index contributed by atoms with van der Waals surface area (Å²) in [6.45, 7) is 10.1. The summed E-state index contributed by atoms with van der Waals surface area (Å²) in [5.74, 6) is 0.536. The van der Waals surface area contributed by atoms with Gasteiger partial charge in [0.25, 0.3) is 0 Å². The molecule has 0 aliphatic heterocycles. The van der Waals surface area contributed by atoms with Gasteiger partial charge in [-0.1, -0.05) is 0 Å². The molecule has 9 heteroatoms. The van der Waals surface area contributed by atoms with E-state index in [1.165, 1.54) is 16.4 Å². The van der Waals surface area contributed by atoms with Gasteiger partial charge < -0.3 is 14.3 Å². The molecule has 8 nitrogen and oxygen atoms in total. The van der Waals surface area contributed by atoms with Crippen molar-refractivity contribution in [2.24, 2.45) is 0 Å². The number of ether oxygens (including phenoxy) is 2. The van der Waals surface area contributed by atoms with Crippen LogP contribution in [0.15, 0.2) is 36.5 Å². The highest BCUT2D eigenvalue weighted by atomic mass is 32.1. The number of aromatic nitrogens is 3. The Morgan fingerprint density at radius 3 is 2.62 bits per heavy atom. The number of nitrogens with zero attached hydrogens (tertiary/aromatic N) is 4. The quantitative estimate of drug-likeness (QED) is 0.317. The topological polar surface area (TPSA) is 86.7 Å². The number of fused-ring (bicyclic) bond motifs is 2. The monoisotopic (exact) mass is 480 g/mol. The Hall–Kier alpha value is -3.30. The van der Waals surface area contributed by atoms with Crippen LogP contribution < -0.4 is 4.84 Å². The lowest BCUT2D eigenvalue weighted by atomic mass is 10.1. The highest BCUT2D eigenvalue weighted by molar-refractivity contribution is 7.21. The van der Waals surface area contributed by atoms with E-state index in [2.05, 4.69) is 16.0 Å². The van der Waals surface area contributed by atoms with E-state index >= 15 is 0 Å². The first-order valence-electron chi connectivity index (χ1n) is 11.0. The minimum absolute atomic E-state index is 0.347. The predicted molar refractivity (Wildman–Crippen MR) is 133 cm³/mol. The molecule has 0 atom stereocenters. The standard InChI is InChI=1S/C25H28N4O4S/c1-7-29(24(30)32-25(3,4)5)33-17-8-9-19-21(12-17)34-23(28-19)18-10-15(2)11-20-22(18)26-13-16(27-20)14-31-6/h8-13H,7,14H2,1-6H3. The van der Waals surface area contributed by atoms with Crippen molar-refractivity contribution in [1.82, 2.24) is 20.0 Å². The van der Waals surface area contributed by atoms with Crippen LogP contribution in [0.5, 0.6) is 5.75 Å². The van der Waals surface area contributed by atoms with E-state index in [-0.39, 0.29) is 0 Å². The Balaban J connectivity index is 1.66. The zero-order chi connectivity index (χ0) is 24.5. The van der Waals surface area contributed by atoms with Gasteiger partial charge in [0.2, 0.25) is 0 Å². The summed E-state index contributed by atoms with van der Waals surface area (Å²) >= 11 is 1.54. The second kappa shape index (κ2) is 9.52. The third-order valence-electron chi connectivity index (χ3n) is 4.82. The predicted octanol–water partition coefficient (Wildman–Crippen LogP) is 5.91. The van der Waals surface area contributed by atoms with Crippen molar-refractivity contribution in [2.45, 2.75) is 46.8 Å². The second-order valence-corrected chi connectivity index (χ2v) is 9.92. The van der Waals surface area contributed by atoms with Crippen molar-refractivity contribution in [3.05, 3.63) is 47.8 Å². The lowest BCUT2D eigenvalue weighted by molar-refractivity contribution is -0.0693. The molecule has 0 N–H and O–H groups in total. The second-order valence-electron chi connectivity index (χ2n) is 8.89. The summed E-state index contributed by atoms with van der Waals surface area (Å²) in [6.07, 6.45) is 1.21. The van der Waals surface area contributed by atoms with Crippen LogP contribution in [-0.2, 0) is 16.1 Å². The molecule has 0 aliphatic carbocycles. The third kappa shape index (κ3) is 5.26. The fourth-order valence-corrected chi connectivity index (χ4v) is 4.44. The number of thiazole rings is 1. The number of amides is 1. The number of hydrogen-bond acceptors (Lipinski definition) is 8. The van der Waals surface area contributed by atoms with E-state index < -0.39 is 11.7 Å². The van der Waals surface area contributed by atoms with Crippen molar-refractivity contribution in [3.8, 4) is 16.3 Å². The van der Waals surface area contributed by atoms with Crippen LogP contribution >= 0.6 is 11.3 Å². The normalized spacial score (nSPS) is 11.7. The molecule has 0 aliphatic rings. The zero-order valence-corrected chi connectivity index (χ0v) is 21.0. The van der Waals surface area contributed by atoms with E-state index in [4.69, 9.17) is 19.3 Å². The van der Waals surface area contributed by atoms with E-state index in [9.17, 15) is 4.79 Å². The maximum atomic E-state index is 12.4. The van der Waals surface area contributed by atoms with Gasteiger partial charge in [-0.2, -0.15) is 0 Å². The molecule has 178 valence electrons. The Morgan fingerprint density at radius 1 is 1.12 bits per heavy atom. The molecule has 0 radical (unpaired) electrons. The third-order valence-corrected chi connectivity index (χ3v) is 5.87. The maximum Gasteiger partial charge on any atom is 0.443 e. The average Bonchev–Trinajstić information content (AvgIpc) is 3.19. The molecule has 2 aromatic carbocycles.